The highest BCUT2D eigenvalue weighted by atomic mass is 16.5. The molecule has 1 aliphatic heterocycles. The lowest BCUT2D eigenvalue weighted by molar-refractivity contribution is -0.115. The number of fused-ring (bicyclic) bond motifs is 2. The highest BCUT2D eigenvalue weighted by Gasteiger charge is 2.27. The number of rotatable bonds is 4. The van der Waals surface area contributed by atoms with E-state index in [0.29, 0.717) is 59.4 Å². The molecule has 3 heterocycles. The first-order valence-corrected chi connectivity index (χ1v) is 10.3. The molecule has 0 saturated carbocycles. The molecule has 1 fully saturated rings. The number of amides is 2. The maximum Gasteiger partial charge on any atom is 0.291 e. The molecule has 32 heavy (non-hydrogen) atoms. The molecule has 2 amide bonds. The smallest absolute Gasteiger partial charge is 0.291 e. The number of para-hydroxylation sites is 1. The summed E-state index contributed by atoms with van der Waals surface area (Å²) in [6, 6.07) is 14.1. The fourth-order valence-electron chi connectivity index (χ4n) is 3.87. The van der Waals surface area contributed by atoms with E-state index in [1.165, 1.54) is 0 Å². The minimum Gasteiger partial charge on any atom is -0.449 e. The van der Waals surface area contributed by atoms with Gasteiger partial charge in [-0.15, -0.1) is 0 Å². The van der Waals surface area contributed by atoms with Gasteiger partial charge in [0.05, 0.1) is 30.7 Å². The summed E-state index contributed by atoms with van der Waals surface area (Å²) in [6.07, 6.45) is -0.0814. The third-order valence-corrected chi connectivity index (χ3v) is 5.46. The molecule has 2 N–H and O–H groups in total. The van der Waals surface area contributed by atoms with E-state index in [2.05, 4.69) is 15.5 Å². The van der Waals surface area contributed by atoms with E-state index in [1.54, 1.807) is 47.4 Å². The van der Waals surface area contributed by atoms with Crippen molar-refractivity contribution in [2.45, 2.75) is 6.42 Å². The van der Waals surface area contributed by atoms with Crippen molar-refractivity contribution in [2.24, 2.45) is 0 Å². The number of benzene rings is 2. The number of H-pyrrole nitrogens is 1. The monoisotopic (exact) mass is 432 g/mol. The van der Waals surface area contributed by atoms with Gasteiger partial charge in [-0.1, -0.05) is 30.3 Å². The number of furan rings is 1. The van der Waals surface area contributed by atoms with Crippen molar-refractivity contribution in [2.75, 3.05) is 31.6 Å². The van der Waals surface area contributed by atoms with Crippen molar-refractivity contribution < 1.29 is 18.7 Å². The summed E-state index contributed by atoms with van der Waals surface area (Å²) < 4.78 is 11.2. The SMILES string of the molecule is O=C(Cc1n[nH]c(=O)c2ccccc12)Nc1c(C(=O)N2CCOCC2)oc2ccccc12. The van der Waals surface area contributed by atoms with E-state index in [9.17, 15) is 14.4 Å². The fraction of sp³-hybridized carbons (Fsp3) is 0.217. The van der Waals surface area contributed by atoms with Crippen molar-refractivity contribution in [3.8, 4) is 0 Å². The van der Waals surface area contributed by atoms with E-state index >= 15 is 0 Å². The van der Waals surface area contributed by atoms with Gasteiger partial charge in [-0.25, -0.2) is 5.10 Å². The number of aromatic nitrogens is 2. The highest BCUT2D eigenvalue weighted by Crippen LogP contribution is 2.32. The quantitative estimate of drug-likeness (QED) is 0.511. The molecule has 0 spiro atoms. The third-order valence-electron chi connectivity index (χ3n) is 5.46. The number of nitrogens with one attached hydrogen (secondary N) is 2. The number of hydrogen-bond donors (Lipinski definition) is 2. The van der Waals surface area contributed by atoms with Crippen molar-refractivity contribution in [1.82, 2.24) is 15.1 Å². The summed E-state index contributed by atoms with van der Waals surface area (Å²) in [5.74, 6) is -0.592. The molecule has 2 aromatic heterocycles. The van der Waals surface area contributed by atoms with Crippen molar-refractivity contribution in [3.05, 3.63) is 70.3 Å². The Kier molecular flexibility index (Phi) is 5.16. The van der Waals surface area contributed by atoms with Crippen LogP contribution in [0, 0.1) is 0 Å². The first-order chi connectivity index (χ1) is 15.6. The Morgan fingerprint density at radius 2 is 1.69 bits per heavy atom. The van der Waals surface area contributed by atoms with Crippen LogP contribution in [-0.2, 0) is 16.0 Å². The van der Waals surface area contributed by atoms with E-state index in [-0.39, 0.29) is 29.6 Å². The maximum absolute atomic E-state index is 13.1. The van der Waals surface area contributed by atoms with E-state index in [1.807, 2.05) is 6.07 Å². The lowest BCUT2D eigenvalue weighted by Crippen LogP contribution is -2.40. The molecule has 0 aliphatic carbocycles. The topological polar surface area (TPSA) is 118 Å². The maximum atomic E-state index is 13.1. The molecule has 1 saturated heterocycles. The number of carbonyl (C=O) groups excluding carboxylic acids is 2. The van der Waals surface area contributed by atoms with Gasteiger partial charge in [0.25, 0.3) is 11.5 Å². The van der Waals surface area contributed by atoms with Crippen molar-refractivity contribution >= 4 is 39.2 Å². The van der Waals surface area contributed by atoms with Crippen LogP contribution in [0.2, 0.25) is 0 Å². The Morgan fingerprint density at radius 3 is 2.47 bits per heavy atom. The molecule has 4 aromatic rings. The van der Waals surface area contributed by atoms with Gasteiger partial charge in [0, 0.05) is 23.9 Å². The normalized spacial score (nSPS) is 14.1. The Labute approximate surface area is 182 Å². The minimum absolute atomic E-state index is 0.0814. The molecule has 0 bridgehead atoms. The van der Waals surface area contributed by atoms with Gasteiger partial charge < -0.3 is 19.4 Å². The van der Waals surface area contributed by atoms with Crippen LogP contribution in [0.1, 0.15) is 16.2 Å². The van der Waals surface area contributed by atoms with Crippen LogP contribution in [-0.4, -0.2) is 53.2 Å². The van der Waals surface area contributed by atoms with Crippen LogP contribution in [0.15, 0.2) is 57.7 Å². The number of hydrogen-bond acceptors (Lipinski definition) is 6. The predicted molar refractivity (Wildman–Crippen MR) is 118 cm³/mol. The minimum atomic E-state index is -0.378. The Balaban J connectivity index is 1.47. The zero-order valence-electron chi connectivity index (χ0n) is 17.1. The van der Waals surface area contributed by atoms with Crippen molar-refractivity contribution in [3.63, 3.8) is 0 Å². The largest absolute Gasteiger partial charge is 0.449 e. The second-order valence-electron chi connectivity index (χ2n) is 7.48. The van der Waals surface area contributed by atoms with Gasteiger partial charge in [0.1, 0.15) is 11.3 Å². The number of aromatic amines is 1. The fourth-order valence-corrected chi connectivity index (χ4v) is 3.87. The summed E-state index contributed by atoms with van der Waals surface area (Å²) in [7, 11) is 0. The summed E-state index contributed by atoms with van der Waals surface area (Å²) in [6.45, 7) is 1.82. The van der Waals surface area contributed by atoms with Gasteiger partial charge in [0.15, 0.2) is 0 Å². The van der Waals surface area contributed by atoms with Crippen LogP contribution >= 0.6 is 0 Å². The molecular formula is C23H20N4O5. The molecule has 1 aliphatic rings. The number of nitrogens with zero attached hydrogens (tertiary/aromatic N) is 2. The molecule has 0 radical (unpaired) electrons. The number of ether oxygens (including phenoxy) is 1. The molecule has 5 rings (SSSR count). The summed E-state index contributed by atoms with van der Waals surface area (Å²) in [5, 5.41) is 11.0. The lowest BCUT2D eigenvalue weighted by Gasteiger charge is -2.26. The number of morpholine rings is 1. The van der Waals surface area contributed by atoms with Gasteiger partial charge in [-0.2, -0.15) is 5.10 Å². The molecule has 0 atom stereocenters. The summed E-state index contributed by atoms with van der Waals surface area (Å²) in [4.78, 5) is 39.7. The highest BCUT2D eigenvalue weighted by molar-refractivity contribution is 6.11. The second kappa shape index (κ2) is 8.27. The molecule has 162 valence electrons. The molecule has 2 aromatic carbocycles. The summed E-state index contributed by atoms with van der Waals surface area (Å²) in [5.41, 5.74) is 0.957. The summed E-state index contributed by atoms with van der Waals surface area (Å²) >= 11 is 0. The van der Waals surface area contributed by atoms with Crippen LogP contribution in [0.3, 0.4) is 0 Å². The first-order valence-electron chi connectivity index (χ1n) is 10.3. The zero-order valence-corrected chi connectivity index (χ0v) is 17.1. The second-order valence-corrected chi connectivity index (χ2v) is 7.48. The van der Waals surface area contributed by atoms with E-state index < -0.39 is 0 Å². The standard InChI is InChI=1S/C23H20N4O5/c28-19(13-17-14-5-1-2-6-15(14)22(29)26-25-17)24-20-16-7-3-4-8-18(16)32-21(20)23(30)27-9-11-31-12-10-27/h1-8H,9-13H2,(H,24,28)(H,26,29). The Bertz CT molecular complexity index is 1380. The van der Waals surface area contributed by atoms with E-state index in [4.69, 9.17) is 9.15 Å². The Hall–Kier alpha value is -3.98. The van der Waals surface area contributed by atoms with Gasteiger partial charge in [-0.05, 0) is 18.2 Å². The van der Waals surface area contributed by atoms with Gasteiger partial charge in [0.2, 0.25) is 11.7 Å². The number of carbonyl (C=O) groups is 2. The molecular weight excluding hydrogens is 412 g/mol. The van der Waals surface area contributed by atoms with Crippen LogP contribution < -0.4 is 10.9 Å². The van der Waals surface area contributed by atoms with Crippen LogP contribution in [0.5, 0.6) is 0 Å². The third kappa shape index (κ3) is 3.63. The molecule has 9 nitrogen and oxygen atoms in total. The van der Waals surface area contributed by atoms with Crippen LogP contribution in [0.25, 0.3) is 21.7 Å². The van der Waals surface area contributed by atoms with Crippen LogP contribution in [0.4, 0.5) is 5.69 Å². The molecule has 9 heteroatoms. The average Bonchev–Trinajstić information content (AvgIpc) is 3.19. The lowest BCUT2D eigenvalue weighted by atomic mass is 10.1. The zero-order chi connectivity index (χ0) is 22.1. The van der Waals surface area contributed by atoms with Gasteiger partial charge >= 0.3 is 0 Å². The predicted octanol–water partition coefficient (Wildman–Crippen LogP) is 2.32. The Morgan fingerprint density at radius 1 is 1.00 bits per heavy atom. The number of anilines is 1. The molecule has 0 unspecified atom stereocenters. The van der Waals surface area contributed by atoms with E-state index in [0.717, 1.165) is 0 Å². The average molecular weight is 432 g/mol. The van der Waals surface area contributed by atoms with Crippen molar-refractivity contribution in [1.29, 1.82) is 0 Å². The first kappa shape index (κ1) is 20.0. The van der Waals surface area contributed by atoms with Gasteiger partial charge in [-0.3, -0.25) is 14.4 Å².